The van der Waals surface area contributed by atoms with Crippen LogP contribution in [0.3, 0.4) is 0 Å². The maximum atomic E-state index is 13.2. The van der Waals surface area contributed by atoms with E-state index in [2.05, 4.69) is 10.1 Å². The van der Waals surface area contributed by atoms with Crippen LogP contribution in [0.1, 0.15) is 10.4 Å². The first-order chi connectivity index (χ1) is 15.5. The Hall–Kier alpha value is -3.19. The van der Waals surface area contributed by atoms with Crippen LogP contribution >= 0.6 is 0 Å². The predicted octanol–water partition coefficient (Wildman–Crippen LogP) is 1.99. The van der Waals surface area contributed by atoms with Crippen molar-refractivity contribution in [3.05, 3.63) is 59.9 Å². The van der Waals surface area contributed by atoms with Gasteiger partial charge in [-0.25, -0.2) is 12.8 Å². The highest BCUT2D eigenvalue weighted by Gasteiger charge is 2.32. The van der Waals surface area contributed by atoms with Crippen molar-refractivity contribution in [2.24, 2.45) is 0 Å². The Morgan fingerprint density at radius 3 is 2.21 bits per heavy atom. The van der Waals surface area contributed by atoms with E-state index in [0.29, 0.717) is 0 Å². The molecule has 2 amide bonds. The second-order valence-electron chi connectivity index (χ2n) is 7.00. The molecule has 0 bridgehead atoms. The lowest BCUT2D eigenvalue weighted by Crippen LogP contribution is -2.52. The zero-order valence-electron chi connectivity index (χ0n) is 17.0. The Morgan fingerprint density at radius 1 is 1.00 bits per heavy atom. The van der Waals surface area contributed by atoms with Gasteiger partial charge in [0.15, 0.2) is 0 Å². The van der Waals surface area contributed by atoms with Crippen LogP contribution in [0.15, 0.2) is 53.4 Å². The summed E-state index contributed by atoms with van der Waals surface area (Å²) in [6.45, 7) is -0.297. The van der Waals surface area contributed by atoms with Gasteiger partial charge < -0.3 is 15.0 Å². The average molecular weight is 489 g/mol. The monoisotopic (exact) mass is 489 g/mol. The number of benzene rings is 2. The van der Waals surface area contributed by atoms with Crippen LogP contribution < -0.4 is 10.1 Å². The number of nitrogens with one attached hydrogen (secondary N) is 1. The standard InChI is InChI=1S/C20H19F4N3O5S/c21-15-3-1-2-14(12-15)19(29)25-13-18(28)26-8-10-27(11-9-26)33(30,31)17-6-4-16(5-7-17)32-20(22,23)24/h1-7,12H,8-11,13H2,(H,25,29). The number of carbonyl (C=O) groups is 2. The van der Waals surface area contributed by atoms with E-state index in [9.17, 15) is 35.6 Å². The van der Waals surface area contributed by atoms with Crippen LogP contribution in [-0.4, -0.2) is 68.5 Å². The molecule has 0 spiro atoms. The highest BCUT2D eigenvalue weighted by atomic mass is 32.2. The first-order valence-corrected chi connectivity index (χ1v) is 11.1. The highest BCUT2D eigenvalue weighted by molar-refractivity contribution is 7.89. The first kappa shape index (κ1) is 24.5. The number of ether oxygens (including phenoxy) is 1. The molecule has 33 heavy (non-hydrogen) atoms. The summed E-state index contributed by atoms with van der Waals surface area (Å²) in [6.07, 6.45) is -4.89. The molecule has 1 heterocycles. The molecular formula is C20H19F4N3O5S. The molecule has 1 aliphatic rings. The molecule has 0 aliphatic carbocycles. The highest BCUT2D eigenvalue weighted by Crippen LogP contribution is 2.25. The summed E-state index contributed by atoms with van der Waals surface area (Å²) >= 11 is 0. The van der Waals surface area contributed by atoms with Gasteiger partial charge in [-0.1, -0.05) is 6.07 Å². The zero-order valence-corrected chi connectivity index (χ0v) is 17.8. The number of rotatable bonds is 6. The second kappa shape index (κ2) is 9.75. The van der Waals surface area contributed by atoms with Crippen molar-refractivity contribution in [2.75, 3.05) is 32.7 Å². The Morgan fingerprint density at radius 2 is 1.64 bits per heavy atom. The number of hydrogen-bond donors (Lipinski definition) is 1. The number of halogens is 4. The van der Waals surface area contributed by atoms with E-state index in [1.807, 2.05) is 0 Å². The molecule has 8 nitrogen and oxygen atoms in total. The lowest BCUT2D eigenvalue weighted by Gasteiger charge is -2.34. The predicted molar refractivity (Wildman–Crippen MR) is 107 cm³/mol. The third kappa shape index (κ3) is 6.42. The molecule has 2 aromatic carbocycles. The normalized spacial score (nSPS) is 15.2. The number of piperazine rings is 1. The van der Waals surface area contributed by atoms with Gasteiger partial charge in [0.2, 0.25) is 15.9 Å². The molecule has 0 atom stereocenters. The van der Waals surface area contributed by atoms with E-state index in [-0.39, 0.29) is 43.2 Å². The van der Waals surface area contributed by atoms with Gasteiger partial charge in [0.1, 0.15) is 11.6 Å². The topological polar surface area (TPSA) is 96.0 Å². The molecule has 0 saturated carbocycles. The number of amides is 2. The Kier molecular flexibility index (Phi) is 7.22. The molecule has 1 aliphatic heterocycles. The summed E-state index contributed by atoms with van der Waals surface area (Å²) in [5, 5.41) is 2.39. The van der Waals surface area contributed by atoms with Gasteiger partial charge in [-0.3, -0.25) is 9.59 Å². The minimum atomic E-state index is -4.89. The van der Waals surface area contributed by atoms with Crippen molar-refractivity contribution in [3.8, 4) is 5.75 Å². The maximum Gasteiger partial charge on any atom is 0.573 e. The van der Waals surface area contributed by atoms with Gasteiger partial charge in [0.05, 0.1) is 11.4 Å². The SMILES string of the molecule is O=C(NCC(=O)N1CCN(S(=O)(=O)c2ccc(OC(F)(F)F)cc2)CC1)c1cccc(F)c1. The maximum absolute atomic E-state index is 13.2. The molecule has 3 rings (SSSR count). The zero-order chi connectivity index (χ0) is 24.2. The average Bonchev–Trinajstić information content (AvgIpc) is 2.76. The molecule has 0 aromatic heterocycles. The molecule has 13 heteroatoms. The summed E-state index contributed by atoms with van der Waals surface area (Å²) in [7, 11) is -3.98. The number of alkyl halides is 3. The molecule has 1 fully saturated rings. The third-order valence-electron chi connectivity index (χ3n) is 4.77. The summed E-state index contributed by atoms with van der Waals surface area (Å²) in [4.78, 5) is 25.5. The van der Waals surface area contributed by atoms with Gasteiger partial charge in [-0.05, 0) is 42.5 Å². The molecule has 1 N–H and O–H groups in total. The van der Waals surface area contributed by atoms with Crippen molar-refractivity contribution in [2.45, 2.75) is 11.3 Å². The van der Waals surface area contributed by atoms with Gasteiger partial charge >= 0.3 is 6.36 Å². The largest absolute Gasteiger partial charge is 0.573 e. The van der Waals surface area contributed by atoms with Crippen molar-refractivity contribution in [1.29, 1.82) is 0 Å². The summed E-state index contributed by atoms with van der Waals surface area (Å²) in [5.74, 6) is -2.20. The van der Waals surface area contributed by atoms with Crippen LogP contribution in [0, 0.1) is 5.82 Å². The fraction of sp³-hybridized carbons (Fsp3) is 0.300. The quantitative estimate of drug-likeness (QED) is 0.627. The van der Waals surface area contributed by atoms with E-state index in [0.717, 1.165) is 34.6 Å². The Labute approximate surface area is 186 Å². The fourth-order valence-electron chi connectivity index (χ4n) is 3.14. The summed E-state index contributed by atoms with van der Waals surface area (Å²) < 4.78 is 80.3. The minimum Gasteiger partial charge on any atom is -0.406 e. The van der Waals surface area contributed by atoms with E-state index in [1.54, 1.807) is 0 Å². The second-order valence-corrected chi connectivity index (χ2v) is 8.94. The van der Waals surface area contributed by atoms with Gasteiger partial charge in [-0.15, -0.1) is 13.2 Å². The van der Waals surface area contributed by atoms with E-state index < -0.39 is 39.8 Å². The van der Waals surface area contributed by atoms with Crippen LogP contribution in [0.25, 0.3) is 0 Å². The first-order valence-electron chi connectivity index (χ1n) is 9.63. The molecule has 178 valence electrons. The van der Waals surface area contributed by atoms with Crippen molar-refractivity contribution < 1.29 is 40.3 Å². The van der Waals surface area contributed by atoms with Gasteiger partial charge in [0, 0.05) is 31.7 Å². The number of nitrogens with zero attached hydrogens (tertiary/aromatic N) is 2. The van der Waals surface area contributed by atoms with E-state index in [4.69, 9.17) is 0 Å². The van der Waals surface area contributed by atoms with Crippen LogP contribution in [0.2, 0.25) is 0 Å². The Balaban J connectivity index is 1.53. The summed E-state index contributed by atoms with van der Waals surface area (Å²) in [6, 6.07) is 8.80. The van der Waals surface area contributed by atoms with Crippen LogP contribution in [0.5, 0.6) is 5.75 Å². The number of hydrogen-bond acceptors (Lipinski definition) is 5. The van der Waals surface area contributed by atoms with Gasteiger partial charge in [-0.2, -0.15) is 4.31 Å². The summed E-state index contributed by atoms with van der Waals surface area (Å²) in [5.41, 5.74) is 0.0605. The van der Waals surface area contributed by atoms with E-state index in [1.165, 1.54) is 23.1 Å². The molecule has 1 saturated heterocycles. The van der Waals surface area contributed by atoms with Crippen molar-refractivity contribution in [1.82, 2.24) is 14.5 Å². The number of carbonyl (C=O) groups excluding carboxylic acids is 2. The third-order valence-corrected chi connectivity index (χ3v) is 6.69. The molecule has 0 radical (unpaired) electrons. The lowest BCUT2D eigenvalue weighted by atomic mass is 10.2. The molecule has 0 unspecified atom stereocenters. The van der Waals surface area contributed by atoms with Crippen molar-refractivity contribution >= 4 is 21.8 Å². The Bertz CT molecular complexity index is 1120. The van der Waals surface area contributed by atoms with Gasteiger partial charge in [0.25, 0.3) is 5.91 Å². The minimum absolute atomic E-state index is 0.0350. The fourth-order valence-corrected chi connectivity index (χ4v) is 4.56. The number of sulfonamides is 1. The lowest BCUT2D eigenvalue weighted by molar-refractivity contribution is -0.274. The van der Waals surface area contributed by atoms with Crippen LogP contribution in [0.4, 0.5) is 17.6 Å². The smallest absolute Gasteiger partial charge is 0.406 e. The molecular weight excluding hydrogens is 470 g/mol. The van der Waals surface area contributed by atoms with E-state index >= 15 is 0 Å². The van der Waals surface area contributed by atoms with Crippen LogP contribution in [-0.2, 0) is 14.8 Å². The molecule has 2 aromatic rings. The van der Waals surface area contributed by atoms with Crippen molar-refractivity contribution in [3.63, 3.8) is 0 Å².